The Morgan fingerprint density at radius 2 is 1.88 bits per heavy atom. The predicted octanol–water partition coefficient (Wildman–Crippen LogP) is 4.46. The largest absolute Gasteiger partial charge is 0.490 e. The molecule has 2 aromatic rings. The van der Waals surface area contributed by atoms with Crippen molar-refractivity contribution in [3.05, 3.63) is 63.7 Å². The fourth-order valence-electron chi connectivity index (χ4n) is 2.29. The molecule has 6 nitrogen and oxygen atoms in total. The van der Waals surface area contributed by atoms with Crippen molar-refractivity contribution in [1.82, 2.24) is 0 Å². The molecule has 0 aliphatic heterocycles. The Bertz CT molecular complexity index is 838. The number of rotatable bonds is 7. The number of nitro benzene ring substituents is 1. The minimum absolute atomic E-state index is 0.0552. The van der Waals surface area contributed by atoms with Crippen molar-refractivity contribution < 1.29 is 14.4 Å². The Morgan fingerprint density at radius 1 is 1.16 bits per heavy atom. The van der Waals surface area contributed by atoms with Gasteiger partial charge in [0, 0.05) is 12.1 Å². The number of non-ortho nitro benzene ring substituents is 1. The highest BCUT2D eigenvalue weighted by Gasteiger charge is 2.10. The van der Waals surface area contributed by atoms with E-state index in [-0.39, 0.29) is 5.69 Å². The molecule has 0 unspecified atom stereocenters. The summed E-state index contributed by atoms with van der Waals surface area (Å²) in [5.74, 6) is 1.23. The molecular weight excluding hydrogens is 320 g/mol. The van der Waals surface area contributed by atoms with Crippen molar-refractivity contribution in [2.24, 2.45) is 0 Å². The molecule has 25 heavy (non-hydrogen) atoms. The number of hydrogen-bond acceptors (Lipinski definition) is 5. The minimum Gasteiger partial charge on any atom is -0.490 e. The van der Waals surface area contributed by atoms with Gasteiger partial charge in [-0.3, -0.25) is 10.1 Å². The van der Waals surface area contributed by atoms with Crippen LogP contribution < -0.4 is 9.47 Å². The van der Waals surface area contributed by atoms with Gasteiger partial charge in [0.1, 0.15) is 0 Å². The summed E-state index contributed by atoms with van der Waals surface area (Å²) < 4.78 is 11.1. The number of nitro groups is 1. The van der Waals surface area contributed by atoms with Crippen LogP contribution in [0.2, 0.25) is 0 Å². The first-order chi connectivity index (χ1) is 12.1. The van der Waals surface area contributed by atoms with Crippen LogP contribution in [-0.4, -0.2) is 18.1 Å². The fourth-order valence-corrected chi connectivity index (χ4v) is 2.29. The molecular formula is C19H18N2O4. The van der Waals surface area contributed by atoms with Gasteiger partial charge in [-0.1, -0.05) is 18.2 Å². The molecule has 2 aromatic carbocycles. The third kappa shape index (κ3) is 4.58. The highest BCUT2D eigenvalue weighted by molar-refractivity contribution is 5.90. The van der Waals surface area contributed by atoms with E-state index in [0.717, 1.165) is 5.56 Å². The quantitative estimate of drug-likeness (QED) is 0.322. The SMILES string of the molecule is CCOc1ccc(/C=C(/C#N)c2cccc([N+](=O)[O-])c2)cc1OCC. The second kappa shape index (κ2) is 8.50. The number of nitrogens with zero attached hydrogens (tertiary/aromatic N) is 2. The third-order valence-corrected chi connectivity index (χ3v) is 3.37. The van der Waals surface area contributed by atoms with E-state index >= 15 is 0 Å². The van der Waals surface area contributed by atoms with E-state index in [9.17, 15) is 15.4 Å². The fraction of sp³-hybridized carbons (Fsp3) is 0.211. The van der Waals surface area contributed by atoms with Gasteiger partial charge in [0.15, 0.2) is 11.5 Å². The molecule has 0 spiro atoms. The lowest BCUT2D eigenvalue weighted by Gasteiger charge is -2.11. The maximum absolute atomic E-state index is 10.9. The molecule has 0 aromatic heterocycles. The summed E-state index contributed by atoms with van der Waals surface area (Å²) in [6.07, 6.45) is 1.66. The maximum Gasteiger partial charge on any atom is 0.270 e. The molecule has 2 rings (SSSR count). The average molecular weight is 338 g/mol. The summed E-state index contributed by atoms with van der Waals surface area (Å²) in [5, 5.41) is 20.3. The lowest BCUT2D eigenvalue weighted by Crippen LogP contribution is -1.98. The molecule has 128 valence electrons. The second-order valence-electron chi connectivity index (χ2n) is 5.05. The highest BCUT2D eigenvalue weighted by atomic mass is 16.6. The number of allylic oxidation sites excluding steroid dienone is 1. The van der Waals surface area contributed by atoms with Crippen LogP contribution in [-0.2, 0) is 0 Å². The number of ether oxygens (including phenoxy) is 2. The van der Waals surface area contributed by atoms with Gasteiger partial charge in [-0.05, 0) is 43.2 Å². The van der Waals surface area contributed by atoms with E-state index in [2.05, 4.69) is 6.07 Å². The molecule has 0 heterocycles. The molecule has 0 radical (unpaired) electrons. The topological polar surface area (TPSA) is 85.4 Å². The lowest BCUT2D eigenvalue weighted by molar-refractivity contribution is -0.384. The van der Waals surface area contributed by atoms with Crippen LogP contribution in [0, 0.1) is 21.4 Å². The van der Waals surface area contributed by atoms with E-state index in [0.29, 0.717) is 35.8 Å². The van der Waals surface area contributed by atoms with Gasteiger partial charge in [0.25, 0.3) is 5.69 Å². The summed E-state index contributed by atoms with van der Waals surface area (Å²) in [5.41, 5.74) is 1.51. The zero-order valence-electron chi connectivity index (χ0n) is 14.1. The van der Waals surface area contributed by atoms with E-state index in [1.807, 2.05) is 19.9 Å². The Morgan fingerprint density at radius 3 is 2.52 bits per heavy atom. The first kappa shape index (κ1) is 18.0. The van der Waals surface area contributed by atoms with Crippen molar-refractivity contribution in [3.63, 3.8) is 0 Å². The van der Waals surface area contributed by atoms with Gasteiger partial charge in [-0.15, -0.1) is 0 Å². The monoisotopic (exact) mass is 338 g/mol. The number of hydrogen-bond donors (Lipinski definition) is 0. The highest BCUT2D eigenvalue weighted by Crippen LogP contribution is 2.30. The summed E-state index contributed by atoms with van der Waals surface area (Å²) >= 11 is 0. The number of benzene rings is 2. The van der Waals surface area contributed by atoms with Crippen LogP contribution in [0.15, 0.2) is 42.5 Å². The summed E-state index contributed by atoms with van der Waals surface area (Å²) in [4.78, 5) is 10.4. The van der Waals surface area contributed by atoms with E-state index in [1.165, 1.54) is 12.1 Å². The molecule has 0 saturated carbocycles. The third-order valence-electron chi connectivity index (χ3n) is 3.37. The van der Waals surface area contributed by atoms with E-state index in [1.54, 1.807) is 30.3 Å². The average Bonchev–Trinajstić information content (AvgIpc) is 2.62. The van der Waals surface area contributed by atoms with Crippen LogP contribution >= 0.6 is 0 Å². The van der Waals surface area contributed by atoms with E-state index < -0.39 is 4.92 Å². The standard InChI is InChI=1S/C19H18N2O4/c1-3-24-18-9-8-14(11-19(18)25-4-2)10-16(13-20)15-6-5-7-17(12-15)21(22)23/h5-12H,3-4H2,1-2H3/b16-10-. The van der Waals surface area contributed by atoms with Crippen molar-refractivity contribution in [1.29, 1.82) is 5.26 Å². The van der Waals surface area contributed by atoms with Crippen LogP contribution in [0.5, 0.6) is 11.5 Å². The molecule has 0 aliphatic carbocycles. The molecule has 6 heteroatoms. The van der Waals surface area contributed by atoms with Gasteiger partial charge in [-0.2, -0.15) is 5.26 Å². The van der Waals surface area contributed by atoms with Crippen molar-refractivity contribution >= 4 is 17.3 Å². The molecule has 0 saturated heterocycles. The maximum atomic E-state index is 10.9. The van der Waals surface area contributed by atoms with Crippen LogP contribution in [0.3, 0.4) is 0 Å². The van der Waals surface area contributed by atoms with Crippen LogP contribution in [0.4, 0.5) is 5.69 Å². The zero-order valence-corrected chi connectivity index (χ0v) is 14.1. The van der Waals surface area contributed by atoms with Crippen molar-refractivity contribution in [2.75, 3.05) is 13.2 Å². The minimum atomic E-state index is -0.484. The van der Waals surface area contributed by atoms with Gasteiger partial charge in [-0.25, -0.2) is 0 Å². The van der Waals surface area contributed by atoms with Crippen molar-refractivity contribution in [3.8, 4) is 17.6 Å². The molecule has 0 N–H and O–H groups in total. The Labute approximate surface area is 146 Å². The Kier molecular flexibility index (Phi) is 6.13. The van der Waals surface area contributed by atoms with Crippen LogP contribution in [0.25, 0.3) is 11.6 Å². The molecule has 0 fully saturated rings. The molecule has 0 bridgehead atoms. The lowest BCUT2D eigenvalue weighted by atomic mass is 10.0. The van der Waals surface area contributed by atoms with Gasteiger partial charge in [0.2, 0.25) is 0 Å². The first-order valence-corrected chi connectivity index (χ1v) is 7.85. The van der Waals surface area contributed by atoms with Gasteiger partial charge >= 0.3 is 0 Å². The number of nitriles is 1. The molecule has 0 atom stereocenters. The van der Waals surface area contributed by atoms with Crippen LogP contribution in [0.1, 0.15) is 25.0 Å². The summed E-state index contributed by atoms with van der Waals surface area (Å²) in [7, 11) is 0. The van der Waals surface area contributed by atoms with Gasteiger partial charge in [0.05, 0.1) is 29.8 Å². The summed E-state index contributed by atoms with van der Waals surface area (Å²) in [6.45, 7) is 4.78. The Balaban J connectivity index is 2.42. The second-order valence-corrected chi connectivity index (χ2v) is 5.05. The Hall–Kier alpha value is -3.33. The summed E-state index contributed by atoms with van der Waals surface area (Å²) in [6, 6.07) is 13.5. The van der Waals surface area contributed by atoms with E-state index in [4.69, 9.17) is 9.47 Å². The molecule has 0 amide bonds. The zero-order chi connectivity index (χ0) is 18.2. The predicted molar refractivity (Wildman–Crippen MR) is 95.4 cm³/mol. The smallest absolute Gasteiger partial charge is 0.270 e. The van der Waals surface area contributed by atoms with Gasteiger partial charge < -0.3 is 9.47 Å². The first-order valence-electron chi connectivity index (χ1n) is 7.85. The normalized spacial score (nSPS) is 10.8. The molecule has 0 aliphatic rings. The van der Waals surface area contributed by atoms with Crippen molar-refractivity contribution in [2.45, 2.75) is 13.8 Å².